The Labute approximate surface area is 102 Å². The number of nitrogens with zero attached hydrogens (tertiary/aromatic N) is 1. The van der Waals surface area contributed by atoms with Crippen molar-refractivity contribution in [1.29, 1.82) is 0 Å². The van der Waals surface area contributed by atoms with Gasteiger partial charge in [-0.2, -0.15) is 0 Å². The third-order valence-electron chi connectivity index (χ3n) is 3.87. The number of hydrogen-bond acceptors (Lipinski definition) is 1. The van der Waals surface area contributed by atoms with Crippen LogP contribution in [0.5, 0.6) is 0 Å². The molecule has 1 amide bonds. The molecule has 0 spiro atoms. The first kappa shape index (κ1) is 10.4. The van der Waals surface area contributed by atoms with Gasteiger partial charge in [0.05, 0.1) is 6.04 Å². The molecule has 0 saturated carbocycles. The molecule has 0 radical (unpaired) electrons. The highest BCUT2D eigenvalue weighted by atomic mass is 16.2. The zero-order chi connectivity index (χ0) is 12.0. The zero-order valence-electron chi connectivity index (χ0n) is 9.94. The molecule has 0 aliphatic carbocycles. The molecule has 0 bridgehead atoms. The van der Waals surface area contributed by atoms with Crippen LogP contribution >= 0.6 is 0 Å². The third kappa shape index (κ3) is 1.46. The Hall–Kier alpha value is -1.75. The van der Waals surface area contributed by atoms with Crippen LogP contribution in [0.15, 0.2) is 18.2 Å². The third-order valence-corrected chi connectivity index (χ3v) is 3.87. The average molecular weight is 225 g/mol. The maximum atomic E-state index is 12.0. The first-order valence-corrected chi connectivity index (χ1v) is 6.08. The van der Waals surface area contributed by atoms with Crippen molar-refractivity contribution in [1.82, 2.24) is 0 Å². The second-order valence-electron chi connectivity index (χ2n) is 4.98. The Bertz CT molecular complexity index is 526. The Morgan fingerprint density at radius 3 is 3.06 bits per heavy atom. The lowest BCUT2D eigenvalue weighted by Gasteiger charge is -2.34. The Morgan fingerprint density at radius 2 is 2.29 bits per heavy atom. The monoisotopic (exact) mass is 225 g/mol. The highest BCUT2D eigenvalue weighted by Gasteiger charge is 2.41. The van der Waals surface area contributed by atoms with E-state index in [4.69, 9.17) is 6.42 Å². The molecular weight excluding hydrogens is 210 g/mol. The fourth-order valence-corrected chi connectivity index (χ4v) is 3.04. The number of terminal acetylenes is 1. The van der Waals surface area contributed by atoms with Crippen LogP contribution in [0.3, 0.4) is 0 Å². The highest BCUT2D eigenvalue weighted by Crippen LogP contribution is 2.40. The molecule has 0 N–H and O–H groups in total. The second kappa shape index (κ2) is 3.63. The van der Waals surface area contributed by atoms with Gasteiger partial charge in [-0.25, -0.2) is 0 Å². The summed E-state index contributed by atoms with van der Waals surface area (Å²) in [6.45, 7) is 2.08. The average Bonchev–Trinajstić information content (AvgIpc) is 2.68. The van der Waals surface area contributed by atoms with Crippen LogP contribution in [0.4, 0.5) is 5.69 Å². The van der Waals surface area contributed by atoms with Crippen LogP contribution in [-0.2, 0) is 11.2 Å². The van der Waals surface area contributed by atoms with Gasteiger partial charge in [0.1, 0.15) is 0 Å². The first-order valence-electron chi connectivity index (χ1n) is 6.08. The van der Waals surface area contributed by atoms with Gasteiger partial charge in [-0.05, 0) is 31.4 Å². The van der Waals surface area contributed by atoms with E-state index in [1.165, 1.54) is 11.1 Å². The fourth-order valence-electron chi connectivity index (χ4n) is 3.04. The van der Waals surface area contributed by atoms with Crippen molar-refractivity contribution < 1.29 is 4.79 Å². The number of anilines is 1. The van der Waals surface area contributed by atoms with Gasteiger partial charge < -0.3 is 4.90 Å². The minimum Gasteiger partial charge on any atom is -0.308 e. The van der Waals surface area contributed by atoms with Gasteiger partial charge in [0.2, 0.25) is 5.91 Å². The summed E-state index contributed by atoms with van der Waals surface area (Å²) >= 11 is 0. The SMILES string of the molecule is C#C[C@@H]1CCC(=O)N2c3ccc(C)cc3C[C@H]12. The van der Waals surface area contributed by atoms with Crippen molar-refractivity contribution >= 4 is 11.6 Å². The predicted octanol–water partition coefficient (Wildman–Crippen LogP) is 2.30. The van der Waals surface area contributed by atoms with E-state index in [2.05, 4.69) is 31.0 Å². The normalized spacial score (nSPS) is 26.4. The molecule has 2 heteroatoms. The molecule has 2 nitrogen and oxygen atoms in total. The lowest BCUT2D eigenvalue weighted by molar-refractivity contribution is -0.120. The number of piperidine rings is 1. The van der Waals surface area contributed by atoms with E-state index in [0.717, 1.165) is 18.5 Å². The number of aryl methyl sites for hydroxylation is 1. The number of fused-ring (bicyclic) bond motifs is 3. The molecular formula is C15H15NO. The Balaban J connectivity index is 2.06. The van der Waals surface area contributed by atoms with Crippen molar-refractivity contribution in [3.05, 3.63) is 29.3 Å². The van der Waals surface area contributed by atoms with Crippen molar-refractivity contribution in [3.8, 4) is 12.3 Å². The maximum Gasteiger partial charge on any atom is 0.227 e. The summed E-state index contributed by atoms with van der Waals surface area (Å²) in [5.74, 6) is 3.29. The van der Waals surface area contributed by atoms with E-state index in [0.29, 0.717) is 6.42 Å². The van der Waals surface area contributed by atoms with Crippen molar-refractivity contribution in [3.63, 3.8) is 0 Å². The predicted molar refractivity (Wildman–Crippen MR) is 67.7 cm³/mol. The van der Waals surface area contributed by atoms with Crippen LogP contribution in [0.2, 0.25) is 0 Å². The van der Waals surface area contributed by atoms with Crippen molar-refractivity contribution in [2.75, 3.05) is 4.90 Å². The zero-order valence-corrected chi connectivity index (χ0v) is 9.94. The van der Waals surface area contributed by atoms with Crippen LogP contribution in [0.25, 0.3) is 0 Å². The molecule has 17 heavy (non-hydrogen) atoms. The van der Waals surface area contributed by atoms with E-state index in [1.54, 1.807) is 0 Å². The van der Waals surface area contributed by atoms with Crippen molar-refractivity contribution in [2.45, 2.75) is 32.2 Å². The minimum absolute atomic E-state index is 0.193. The summed E-state index contributed by atoms with van der Waals surface area (Å²) in [5, 5.41) is 0. The van der Waals surface area contributed by atoms with Gasteiger partial charge in [0.15, 0.2) is 0 Å². The van der Waals surface area contributed by atoms with Gasteiger partial charge in [0.25, 0.3) is 0 Å². The molecule has 2 atom stereocenters. The molecule has 1 fully saturated rings. The van der Waals surface area contributed by atoms with E-state index < -0.39 is 0 Å². The number of carbonyl (C=O) groups is 1. The second-order valence-corrected chi connectivity index (χ2v) is 4.98. The molecule has 1 aromatic rings. The van der Waals surface area contributed by atoms with Crippen LogP contribution in [0.1, 0.15) is 24.0 Å². The quantitative estimate of drug-likeness (QED) is 0.620. The molecule has 2 heterocycles. The summed E-state index contributed by atoms with van der Waals surface area (Å²) < 4.78 is 0. The van der Waals surface area contributed by atoms with E-state index in [1.807, 2.05) is 4.90 Å². The molecule has 1 aromatic carbocycles. The van der Waals surface area contributed by atoms with Crippen LogP contribution in [-0.4, -0.2) is 11.9 Å². The molecule has 0 unspecified atom stereocenters. The summed E-state index contributed by atoms with van der Waals surface area (Å²) in [7, 11) is 0. The van der Waals surface area contributed by atoms with Crippen LogP contribution < -0.4 is 4.90 Å². The van der Waals surface area contributed by atoms with Gasteiger partial charge in [0, 0.05) is 18.0 Å². The number of hydrogen-bond donors (Lipinski definition) is 0. The van der Waals surface area contributed by atoms with Crippen molar-refractivity contribution in [2.24, 2.45) is 5.92 Å². The molecule has 86 valence electrons. The Morgan fingerprint density at radius 1 is 1.47 bits per heavy atom. The molecule has 2 aliphatic heterocycles. The lowest BCUT2D eigenvalue weighted by Crippen LogP contribution is -2.46. The molecule has 0 aromatic heterocycles. The number of amides is 1. The highest BCUT2D eigenvalue weighted by molar-refractivity contribution is 5.97. The molecule has 1 saturated heterocycles. The number of benzene rings is 1. The molecule has 2 aliphatic rings. The lowest BCUT2D eigenvalue weighted by atomic mass is 9.89. The summed E-state index contributed by atoms with van der Waals surface area (Å²) in [5.41, 5.74) is 3.59. The summed E-state index contributed by atoms with van der Waals surface area (Å²) in [6, 6.07) is 6.49. The van der Waals surface area contributed by atoms with Gasteiger partial charge in [-0.15, -0.1) is 12.3 Å². The van der Waals surface area contributed by atoms with Gasteiger partial charge in [-0.3, -0.25) is 4.79 Å². The van der Waals surface area contributed by atoms with E-state index in [9.17, 15) is 4.79 Å². The first-order chi connectivity index (χ1) is 8.20. The standard InChI is InChI=1S/C15H15NO/c1-3-11-5-7-15(17)16-13-6-4-10(2)8-12(13)9-14(11)16/h1,4,6,8,11,14H,5,7,9H2,2H3/t11-,14-/m1/s1. The minimum atomic E-state index is 0.193. The topological polar surface area (TPSA) is 20.3 Å². The fraction of sp³-hybridized carbons (Fsp3) is 0.400. The smallest absolute Gasteiger partial charge is 0.227 e. The van der Waals surface area contributed by atoms with Gasteiger partial charge in [-0.1, -0.05) is 17.7 Å². The number of rotatable bonds is 0. The number of carbonyl (C=O) groups excluding carboxylic acids is 1. The summed E-state index contributed by atoms with van der Waals surface area (Å²) in [4.78, 5) is 14.0. The Kier molecular flexibility index (Phi) is 2.22. The van der Waals surface area contributed by atoms with Crippen LogP contribution in [0, 0.1) is 25.2 Å². The van der Waals surface area contributed by atoms with E-state index >= 15 is 0 Å². The summed E-state index contributed by atoms with van der Waals surface area (Å²) in [6.07, 6.45) is 7.91. The van der Waals surface area contributed by atoms with Gasteiger partial charge >= 0.3 is 0 Å². The largest absolute Gasteiger partial charge is 0.308 e. The molecule has 3 rings (SSSR count). The van der Waals surface area contributed by atoms with E-state index in [-0.39, 0.29) is 17.9 Å². The maximum absolute atomic E-state index is 12.0.